The second kappa shape index (κ2) is 4.85. The van der Waals surface area contributed by atoms with Crippen molar-refractivity contribution in [1.82, 2.24) is 24.5 Å². The van der Waals surface area contributed by atoms with Crippen molar-refractivity contribution >= 4 is 17.4 Å². The van der Waals surface area contributed by atoms with E-state index < -0.39 is 0 Å². The maximum atomic E-state index is 6.06. The smallest absolute Gasteiger partial charge is 0.164 e. The number of aromatic nitrogens is 5. The first-order chi connectivity index (χ1) is 9.16. The van der Waals surface area contributed by atoms with Crippen LogP contribution in [-0.2, 0) is 19.5 Å². The van der Waals surface area contributed by atoms with Gasteiger partial charge >= 0.3 is 0 Å². The van der Waals surface area contributed by atoms with Crippen molar-refractivity contribution in [2.45, 2.75) is 45.7 Å². The van der Waals surface area contributed by atoms with Crippen LogP contribution >= 0.6 is 11.6 Å². The van der Waals surface area contributed by atoms with E-state index in [1.807, 2.05) is 6.92 Å². The van der Waals surface area contributed by atoms with E-state index in [0.29, 0.717) is 17.4 Å². The summed E-state index contributed by atoms with van der Waals surface area (Å²) < 4.78 is 4.00. The number of rotatable bonds is 2. The first kappa shape index (κ1) is 12.5. The van der Waals surface area contributed by atoms with Gasteiger partial charge in [0.15, 0.2) is 11.6 Å². The van der Waals surface area contributed by atoms with E-state index in [-0.39, 0.29) is 0 Å². The molecule has 0 amide bonds. The van der Waals surface area contributed by atoms with Crippen molar-refractivity contribution in [2.75, 3.05) is 5.73 Å². The van der Waals surface area contributed by atoms with Crippen LogP contribution in [0.2, 0.25) is 5.02 Å². The molecule has 0 fully saturated rings. The maximum absolute atomic E-state index is 6.06. The van der Waals surface area contributed by atoms with Gasteiger partial charge in [-0.15, -0.1) is 10.2 Å². The molecule has 0 saturated carbocycles. The largest absolute Gasteiger partial charge is 0.381 e. The van der Waals surface area contributed by atoms with Crippen LogP contribution in [0.1, 0.15) is 36.6 Å². The normalized spacial score (nSPS) is 15.3. The summed E-state index contributed by atoms with van der Waals surface area (Å²) in [5.41, 5.74) is 6.59. The molecule has 3 heterocycles. The zero-order valence-corrected chi connectivity index (χ0v) is 11.7. The molecule has 2 aromatic heterocycles. The topological polar surface area (TPSA) is 74.6 Å². The fourth-order valence-corrected chi connectivity index (χ4v) is 2.63. The first-order valence-electron chi connectivity index (χ1n) is 6.56. The highest BCUT2D eigenvalue weighted by Gasteiger charge is 2.17. The van der Waals surface area contributed by atoms with Gasteiger partial charge in [0, 0.05) is 13.0 Å². The van der Waals surface area contributed by atoms with Crippen LogP contribution < -0.4 is 5.73 Å². The Balaban J connectivity index is 1.91. The predicted octanol–water partition coefficient (Wildman–Crippen LogP) is 1.79. The van der Waals surface area contributed by atoms with Gasteiger partial charge < -0.3 is 10.3 Å². The average Bonchev–Trinajstić information content (AvgIpc) is 2.77. The zero-order chi connectivity index (χ0) is 13.4. The van der Waals surface area contributed by atoms with Crippen molar-refractivity contribution in [3.05, 3.63) is 22.4 Å². The highest BCUT2D eigenvalue weighted by molar-refractivity contribution is 6.33. The Hall–Kier alpha value is -1.56. The lowest BCUT2D eigenvalue weighted by atomic mass is 10.2. The van der Waals surface area contributed by atoms with E-state index >= 15 is 0 Å². The summed E-state index contributed by atoms with van der Waals surface area (Å²) in [6.45, 7) is 3.46. The fourth-order valence-electron chi connectivity index (χ4n) is 2.50. The molecule has 0 radical (unpaired) electrons. The Morgan fingerprint density at radius 3 is 2.84 bits per heavy atom. The van der Waals surface area contributed by atoms with Crippen LogP contribution in [0.3, 0.4) is 0 Å². The van der Waals surface area contributed by atoms with Crippen molar-refractivity contribution < 1.29 is 0 Å². The highest BCUT2D eigenvalue weighted by atomic mass is 35.5. The summed E-state index contributed by atoms with van der Waals surface area (Å²) in [5, 5.41) is 13.3. The molecular weight excluding hydrogens is 264 g/mol. The number of hydrogen-bond donors (Lipinski definition) is 1. The summed E-state index contributed by atoms with van der Waals surface area (Å²) in [4.78, 5) is 0. The van der Waals surface area contributed by atoms with Gasteiger partial charge in [0.2, 0.25) is 0 Å². The van der Waals surface area contributed by atoms with E-state index in [2.05, 4.69) is 19.9 Å². The molecule has 1 aliphatic heterocycles. The van der Waals surface area contributed by atoms with Crippen molar-refractivity contribution in [1.29, 1.82) is 0 Å². The molecule has 7 heteroatoms. The summed E-state index contributed by atoms with van der Waals surface area (Å²) in [6, 6.07) is 0. The lowest BCUT2D eigenvalue weighted by Crippen LogP contribution is -2.12. The Labute approximate surface area is 116 Å². The van der Waals surface area contributed by atoms with Gasteiger partial charge in [0.25, 0.3) is 0 Å². The fraction of sp³-hybridized carbons (Fsp3) is 0.583. The minimum Gasteiger partial charge on any atom is -0.381 e. The molecule has 2 aromatic rings. The molecule has 19 heavy (non-hydrogen) atoms. The van der Waals surface area contributed by atoms with Crippen molar-refractivity contribution in [3.63, 3.8) is 0 Å². The van der Waals surface area contributed by atoms with Crippen molar-refractivity contribution in [2.24, 2.45) is 0 Å². The molecule has 0 aliphatic carbocycles. The molecular formula is C12H17ClN6. The molecule has 0 saturated heterocycles. The first-order valence-corrected chi connectivity index (χ1v) is 6.94. The van der Waals surface area contributed by atoms with Gasteiger partial charge in [-0.3, -0.25) is 4.68 Å². The lowest BCUT2D eigenvalue weighted by molar-refractivity contribution is 0.563. The number of aryl methyl sites for hydroxylation is 1. The van der Waals surface area contributed by atoms with Gasteiger partial charge in [0.1, 0.15) is 17.4 Å². The number of nitrogens with two attached hydrogens (primary N) is 1. The number of anilines is 1. The Bertz CT molecular complexity index is 600. The highest BCUT2D eigenvalue weighted by Crippen LogP contribution is 2.22. The van der Waals surface area contributed by atoms with Crippen LogP contribution in [0.5, 0.6) is 0 Å². The molecule has 102 valence electrons. The number of hydrogen-bond acceptors (Lipinski definition) is 4. The van der Waals surface area contributed by atoms with Gasteiger partial charge in [-0.1, -0.05) is 18.0 Å². The van der Waals surface area contributed by atoms with Gasteiger partial charge in [0.05, 0.1) is 5.69 Å². The Kier molecular flexibility index (Phi) is 3.18. The monoisotopic (exact) mass is 280 g/mol. The molecule has 0 unspecified atom stereocenters. The van der Waals surface area contributed by atoms with E-state index in [0.717, 1.165) is 30.3 Å². The van der Waals surface area contributed by atoms with Crippen LogP contribution in [0, 0.1) is 6.92 Å². The standard InChI is InChI=1S/C12H17ClN6/c1-8-11(13)12(14)17-19(8)7-10-16-15-9-5-3-2-4-6-18(9)10/h2-7H2,1H3,(H2,14,17). The van der Waals surface area contributed by atoms with Crippen LogP contribution in [-0.4, -0.2) is 24.5 Å². The lowest BCUT2D eigenvalue weighted by Gasteiger charge is -2.08. The quantitative estimate of drug-likeness (QED) is 0.910. The van der Waals surface area contributed by atoms with Crippen molar-refractivity contribution in [3.8, 4) is 0 Å². The van der Waals surface area contributed by atoms with E-state index in [1.54, 1.807) is 4.68 Å². The minimum absolute atomic E-state index is 0.370. The number of nitrogen functional groups attached to an aromatic ring is 1. The van der Waals surface area contributed by atoms with Gasteiger partial charge in [-0.2, -0.15) is 5.10 Å². The summed E-state index contributed by atoms with van der Waals surface area (Å²) >= 11 is 6.06. The zero-order valence-electron chi connectivity index (χ0n) is 10.9. The van der Waals surface area contributed by atoms with Crippen LogP contribution in [0.25, 0.3) is 0 Å². The minimum atomic E-state index is 0.370. The summed E-state index contributed by atoms with van der Waals surface area (Å²) in [5.74, 6) is 2.38. The Morgan fingerprint density at radius 1 is 1.26 bits per heavy atom. The number of halogens is 1. The van der Waals surface area contributed by atoms with Gasteiger partial charge in [-0.05, 0) is 19.8 Å². The molecule has 0 spiro atoms. The summed E-state index contributed by atoms with van der Waals surface area (Å²) in [7, 11) is 0. The third-order valence-electron chi connectivity index (χ3n) is 3.64. The van der Waals surface area contributed by atoms with E-state index in [1.165, 1.54) is 19.3 Å². The molecule has 0 aromatic carbocycles. The SMILES string of the molecule is Cc1c(Cl)c(N)nn1Cc1nnc2n1CCCCC2. The molecule has 0 bridgehead atoms. The Morgan fingerprint density at radius 2 is 2.11 bits per heavy atom. The third kappa shape index (κ3) is 2.20. The molecule has 1 aliphatic rings. The number of nitrogens with zero attached hydrogens (tertiary/aromatic N) is 5. The third-order valence-corrected chi connectivity index (χ3v) is 4.10. The van der Waals surface area contributed by atoms with Crippen LogP contribution in [0.15, 0.2) is 0 Å². The molecule has 6 nitrogen and oxygen atoms in total. The molecule has 0 atom stereocenters. The molecule has 2 N–H and O–H groups in total. The predicted molar refractivity (Wildman–Crippen MR) is 73.1 cm³/mol. The second-order valence-corrected chi connectivity index (χ2v) is 5.32. The second-order valence-electron chi connectivity index (χ2n) is 4.94. The summed E-state index contributed by atoms with van der Waals surface area (Å²) in [6.07, 6.45) is 4.63. The van der Waals surface area contributed by atoms with Crippen LogP contribution in [0.4, 0.5) is 5.82 Å². The van der Waals surface area contributed by atoms with Gasteiger partial charge in [-0.25, -0.2) is 0 Å². The van der Waals surface area contributed by atoms with E-state index in [4.69, 9.17) is 17.3 Å². The van der Waals surface area contributed by atoms with E-state index in [9.17, 15) is 0 Å². The average molecular weight is 281 g/mol. The number of fused-ring (bicyclic) bond motifs is 1. The maximum Gasteiger partial charge on any atom is 0.164 e. The molecule has 3 rings (SSSR count).